The van der Waals surface area contributed by atoms with Crippen LogP contribution in [0.4, 0.5) is 16.2 Å². The Morgan fingerprint density at radius 1 is 1.17 bits per heavy atom. The number of sulfonamides is 1. The summed E-state index contributed by atoms with van der Waals surface area (Å²) >= 11 is 0. The highest BCUT2D eigenvalue weighted by atomic mass is 32.2. The number of likely N-dealkylation sites (tertiary alicyclic amines) is 1. The topological polar surface area (TPSA) is 87.7 Å². The van der Waals surface area contributed by atoms with Gasteiger partial charge in [0.15, 0.2) is 0 Å². The molecule has 0 aliphatic carbocycles. The summed E-state index contributed by atoms with van der Waals surface area (Å²) in [5, 5.41) is 3.42. The van der Waals surface area contributed by atoms with Crippen LogP contribution in [0.3, 0.4) is 0 Å². The van der Waals surface area contributed by atoms with Crippen LogP contribution in [0.5, 0.6) is 0 Å². The van der Waals surface area contributed by atoms with E-state index in [9.17, 15) is 13.2 Å². The molecule has 0 spiro atoms. The van der Waals surface area contributed by atoms with Crippen LogP contribution < -0.4 is 10.0 Å². The van der Waals surface area contributed by atoms with Crippen LogP contribution in [-0.2, 0) is 14.8 Å². The van der Waals surface area contributed by atoms with Crippen LogP contribution in [0.25, 0.3) is 0 Å². The summed E-state index contributed by atoms with van der Waals surface area (Å²) in [6, 6.07) is 7.47. The minimum absolute atomic E-state index is 0.0477. The zero-order valence-corrected chi connectivity index (χ0v) is 14.9. The van der Waals surface area contributed by atoms with E-state index in [1.807, 2.05) is 12.1 Å². The molecule has 2 N–H and O–H groups in total. The van der Waals surface area contributed by atoms with E-state index in [1.165, 1.54) is 0 Å². The minimum Gasteiger partial charge on any atom is -0.450 e. The standard InChI is InChI=1S/C16H25N3O4S/c1-3-23-16(20)19-11-9-14(10-12-19)17-13-5-7-15(8-6-13)18-24(21,22)4-2/h5-8,14,17-18H,3-4,9-12H2,1-2H3. The van der Waals surface area contributed by atoms with Gasteiger partial charge in [-0.05, 0) is 51.0 Å². The predicted molar refractivity (Wildman–Crippen MR) is 94.8 cm³/mol. The molecule has 1 aliphatic heterocycles. The third kappa shape index (κ3) is 5.30. The first-order valence-electron chi connectivity index (χ1n) is 8.22. The highest BCUT2D eigenvalue weighted by Gasteiger charge is 2.23. The summed E-state index contributed by atoms with van der Waals surface area (Å²) < 4.78 is 30.6. The Hall–Kier alpha value is -1.96. The van der Waals surface area contributed by atoms with Gasteiger partial charge in [0.1, 0.15) is 0 Å². The van der Waals surface area contributed by atoms with E-state index in [-0.39, 0.29) is 17.9 Å². The minimum atomic E-state index is -3.25. The number of carbonyl (C=O) groups excluding carboxylic acids is 1. The van der Waals surface area contributed by atoms with E-state index in [2.05, 4.69) is 10.0 Å². The average Bonchev–Trinajstić information content (AvgIpc) is 2.57. The molecular weight excluding hydrogens is 330 g/mol. The van der Waals surface area contributed by atoms with Gasteiger partial charge in [0.2, 0.25) is 10.0 Å². The van der Waals surface area contributed by atoms with Crippen molar-refractivity contribution in [3.63, 3.8) is 0 Å². The number of hydrogen-bond donors (Lipinski definition) is 2. The maximum absolute atomic E-state index is 11.7. The van der Waals surface area contributed by atoms with Gasteiger partial charge in [0.25, 0.3) is 0 Å². The highest BCUT2D eigenvalue weighted by molar-refractivity contribution is 7.92. The second kappa shape index (κ2) is 8.23. The third-order valence-corrected chi connectivity index (χ3v) is 5.24. The molecule has 134 valence electrons. The second-order valence-electron chi connectivity index (χ2n) is 5.69. The van der Waals surface area contributed by atoms with Crippen LogP contribution in [0, 0.1) is 0 Å². The van der Waals surface area contributed by atoms with Gasteiger partial charge < -0.3 is 15.0 Å². The van der Waals surface area contributed by atoms with Gasteiger partial charge >= 0.3 is 6.09 Å². The first-order chi connectivity index (χ1) is 11.4. The Kier molecular flexibility index (Phi) is 6.30. The molecule has 8 heteroatoms. The van der Waals surface area contributed by atoms with Crippen molar-refractivity contribution in [2.45, 2.75) is 32.7 Å². The Balaban J connectivity index is 1.84. The Labute approximate surface area is 143 Å². The first kappa shape index (κ1) is 18.4. The Morgan fingerprint density at radius 3 is 2.29 bits per heavy atom. The van der Waals surface area contributed by atoms with E-state index >= 15 is 0 Å². The summed E-state index contributed by atoms with van der Waals surface area (Å²) in [4.78, 5) is 13.4. The number of piperidine rings is 1. The zero-order valence-electron chi connectivity index (χ0n) is 14.1. The number of ether oxygens (including phenoxy) is 1. The van der Waals surface area contributed by atoms with Crippen LogP contribution in [-0.4, -0.2) is 50.9 Å². The second-order valence-corrected chi connectivity index (χ2v) is 7.70. The molecule has 0 aromatic heterocycles. The molecule has 1 fully saturated rings. The fraction of sp³-hybridized carbons (Fsp3) is 0.562. The number of hydrogen-bond acceptors (Lipinski definition) is 5. The van der Waals surface area contributed by atoms with Crippen molar-refractivity contribution >= 4 is 27.5 Å². The van der Waals surface area contributed by atoms with E-state index in [0.717, 1.165) is 18.5 Å². The molecular formula is C16H25N3O4S. The van der Waals surface area contributed by atoms with Crippen LogP contribution >= 0.6 is 0 Å². The maximum atomic E-state index is 11.7. The summed E-state index contributed by atoms with van der Waals surface area (Å²) in [7, 11) is -3.25. The molecule has 0 saturated carbocycles. The predicted octanol–water partition coefficient (Wildman–Crippen LogP) is 2.48. The molecule has 1 aliphatic rings. The van der Waals surface area contributed by atoms with Gasteiger partial charge in [-0.15, -0.1) is 0 Å². The Morgan fingerprint density at radius 2 is 1.75 bits per heavy atom. The van der Waals surface area contributed by atoms with Crippen LogP contribution in [0.1, 0.15) is 26.7 Å². The van der Waals surface area contributed by atoms with Crippen molar-refractivity contribution in [3.8, 4) is 0 Å². The number of carbonyl (C=O) groups is 1. The monoisotopic (exact) mass is 355 g/mol. The lowest BCUT2D eigenvalue weighted by atomic mass is 10.1. The van der Waals surface area contributed by atoms with Crippen molar-refractivity contribution in [2.24, 2.45) is 0 Å². The van der Waals surface area contributed by atoms with Crippen LogP contribution in [0.2, 0.25) is 0 Å². The third-order valence-electron chi connectivity index (χ3n) is 3.93. The van der Waals surface area contributed by atoms with E-state index in [0.29, 0.717) is 25.4 Å². The molecule has 1 heterocycles. The molecule has 0 atom stereocenters. The van der Waals surface area contributed by atoms with Gasteiger partial charge in [-0.25, -0.2) is 13.2 Å². The summed E-state index contributed by atoms with van der Waals surface area (Å²) in [6.07, 6.45) is 1.45. The number of benzene rings is 1. The van der Waals surface area contributed by atoms with Crippen molar-refractivity contribution in [1.82, 2.24) is 4.90 Å². The van der Waals surface area contributed by atoms with Crippen molar-refractivity contribution in [1.29, 1.82) is 0 Å². The molecule has 1 aromatic rings. The first-order valence-corrected chi connectivity index (χ1v) is 9.87. The molecule has 2 rings (SSSR count). The fourth-order valence-corrected chi connectivity index (χ4v) is 3.18. The lowest BCUT2D eigenvalue weighted by Gasteiger charge is -2.32. The highest BCUT2D eigenvalue weighted by Crippen LogP contribution is 2.19. The lowest BCUT2D eigenvalue weighted by Crippen LogP contribution is -2.42. The lowest BCUT2D eigenvalue weighted by molar-refractivity contribution is 0.0983. The number of nitrogens with zero attached hydrogens (tertiary/aromatic N) is 1. The molecule has 1 amide bonds. The normalized spacial score (nSPS) is 15.8. The maximum Gasteiger partial charge on any atom is 0.409 e. The Bertz CT molecular complexity index is 638. The molecule has 0 bridgehead atoms. The molecule has 0 unspecified atom stereocenters. The van der Waals surface area contributed by atoms with E-state index < -0.39 is 10.0 Å². The zero-order chi connectivity index (χ0) is 17.6. The van der Waals surface area contributed by atoms with Crippen LogP contribution in [0.15, 0.2) is 24.3 Å². The largest absolute Gasteiger partial charge is 0.450 e. The van der Waals surface area contributed by atoms with Crippen molar-refractivity contribution in [3.05, 3.63) is 24.3 Å². The summed E-state index contributed by atoms with van der Waals surface area (Å²) in [6.45, 7) is 5.14. The van der Waals surface area contributed by atoms with Gasteiger partial charge in [-0.3, -0.25) is 4.72 Å². The van der Waals surface area contributed by atoms with E-state index in [4.69, 9.17) is 4.74 Å². The number of nitrogens with one attached hydrogen (secondary N) is 2. The SMILES string of the molecule is CCOC(=O)N1CCC(Nc2ccc(NS(=O)(=O)CC)cc2)CC1. The molecule has 1 saturated heterocycles. The van der Waals surface area contributed by atoms with Gasteiger partial charge in [0.05, 0.1) is 12.4 Å². The smallest absolute Gasteiger partial charge is 0.409 e. The summed E-state index contributed by atoms with van der Waals surface area (Å²) in [5.41, 5.74) is 1.49. The fourth-order valence-electron chi connectivity index (χ4n) is 2.54. The molecule has 24 heavy (non-hydrogen) atoms. The molecule has 7 nitrogen and oxygen atoms in total. The summed E-state index contributed by atoms with van der Waals surface area (Å²) in [5.74, 6) is 0.0477. The van der Waals surface area contributed by atoms with E-state index in [1.54, 1.807) is 30.9 Å². The molecule has 0 radical (unpaired) electrons. The van der Waals surface area contributed by atoms with Gasteiger partial charge in [-0.2, -0.15) is 0 Å². The van der Waals surface area contributed by atoms with Gasteiger partial charge in [-0.1, -0.05) is 0 Å². The quantitative estimate of drug-likeness (QED) is 0.818. The number of rotatable bonds is 6. The number of amides is 1. The number of anilines is 2. The van der Waals surface area contributed by atoms with Crippen molar-refractivity contribution < 1.29 is 17.9 Å². The molecule has 1 aromatic carbocycles. The average molecular weight is 355 g/mol. The van der Waals surface area contributed by atoms with Gasteiger partial charge in [0, 0.05) is 30.5 Å². The van der Waals surface area contributed by atoms with Crippen molar-refractivity contribution in [2.75, 3.05) is 35.5 Å².